The maximum absolute atomic E-state index is 11.5. The van der Waals surface area contributed by atoms with Crippen molar-refractivity contribution in [3.8, 4) is 11.5 Å². The lowest BCUT2D eigenvalue weighted by molar-refractivity contribution is 0.0600. The molecule has 1 heterocycles. The molecular formula is C13H17N5O4. The second kappa shape index (κ2) is 7.25. The Balaban J connectivity index is 1.92. The summed E-state index contributed by atoms with van der Waals surface area (Å²) in [7, 11) is 4.57. The van der Waals surface area contributed by atoms with Crippen LogP contribution in [0.15, 0.2) is 18.2 Å². The number of anilines is 1. The van der Waals surface area contributed by atoms with Crippen LogP contribution in [0.3, 0.4) is 0 Å². The van der Waals surface area contributed by atoms with Gasteiger partial charge in [-0.05, 0) is 28.6 Å². The minimum Gasteiger partial charge on any atom is -0.493 e. The van der Waals surface area contributed by atoms with Crippen molar-refractivity contribution in [1.29, 1.82) is 0 Å². The molecular weight excluding hydrogens is 290 g/mol. The van der Waals surface area contributed by atoms with E-state index in [0.717, 1.165) is 0 Å². The van der Waals surface area contributed by atoms with Gasteiger partial charge in [-0.3, -0.25) is 0 Å². The summed E-state index contributed by atoms with van der Waals surface area (Å²) in [4.78, 5) is 11.5. The van der Waals surface area contributed by atoms with Crippen LogP contribution < -0.4 is 14.8 Å². The molecule has 0 aliphatic heterocycles. The summed E-state index contributed by atoms with van der Waals surface area (Å²) in [5.41, 5.74) is 0.398. The number of carbonyl (C=O) groups is 1. The summed E-state index contributed by atoms with van der Waals surface area (Å²) in [6.45, 7) is 0.886. The molecule has 0 amide bonds. The van der Waals surface area contributed by atoms with E-state index < -0.39 is 5.97 Å². The van der Waals surface area contributed by atoms with Crippen LogP contribution in [-0.2, 0) is 11.8 Å². The lowest BCUT2D eigenvalue weighted by Gasteiger charge is -2.12. The van der Waals surface area contributed by atoms with Crippen LogP contribution in [0.5, 0.6) is 11.5 Å². The normalized spacial score (nSPS) is 10.1. The van der Waals surface area contributed by atoms with E-state index in [0.29, 0.717) is 36.2 Å². The molecule has 1 N–H and O–H groups in total. The molecule has 0 radical (unpaired) electrons. The summed E-state index contributed by atoms with van der Waals surface area (Å²) < 4.78 is 17.0. The lowest BCUT2D eigenvalue weighted by atomic mass is 10.2. The number of esters is 1. The SMILES string of the molecule is COC(=O)c1ccc(OCCNc2nnnn2C)c(OC)c1. The van der Waals surface area contributed by atoms with Crippen LogP contribution in [-0.4, -0.2) is 53.5 Å². The van der Waals surface area contributed by atoms with E-state index in [1.54, 1.807) is 25.2 Å². The molecule has 0 unspecified atom stereocenters. The number of methoxy groups -OCH3 is 2. The average molecular weight is 307 g/mol. The molecule has 0 aliphatic rings. The van der Waals surface area contributed by atoms with Crippen LogP contribution in [0.1, 0.15) is 10.4 Å². The van der Waals surface area contributed by atoms with Crippen molar-refractivity contribution in [1.82, 2.24) is 20.2 Å². The van der Waals surface area contributed by atoms with Gasteiger partial charge in [-0.1, -0.05) is 5.10 Å². The number of aryl methyl sites for hydroxylation is 1. The first-order chi connectivity index (χ1) is 10.7. The fraction of sp³-hybridized carbons (Fsp3) is 0.385. The smallest absolute Gasteiger partial charge is 0.337 e. The summed E-state index contributed by atoms with van der Waals surface area (Å²) in [6, 6.07) is 4.85. The van der Waals surface area contributed by atoms with Gasteiger partial charge in [-0.2, -0.15) is 0 Å². The molecule has 2 aromatic rings. The third-order valence-electron chi connectivity index (χ3n) is 2.85. The van der Waals surface area contributed by atoms with Crippen molar-refractivity contribution < 1.29 is 19.0 Å². The van der Waals surface area contributed by atoms with E-state index in [-0.39, 0.29) is 0 Å². The Morgan fingerprint density at radius 3 is 2.77 bits per heavy atom. The Labute approximate surface area is 127 Å². The molecule has 0 spiro atoms. The largest absolute Gasteiger partial charge is 0.493 e. The molecule has 0 bridgehead atoms. The standard InChI is InChI=1S/C13H17N5O4/c1-18-13(15-16-17-18)14-6-7-22-10-5-4-9(12(19)21-3)8-11(10)20-2/h4-5,8H,6-7H2,1-3H3,(H,14,15,17). The first-order valence-electron chi connectivity index (χ1n) is 6.51. The number of hydrogen-bond donors (Lipinski definition) is 1. The Morgan fingerprint density at radius 2 is 2.14 bits per heavy atom. The second-order valence-electron chi connectivity index (χ2n) is 4.26. The van der Waals surface area contributed by atoms with Gasteiger partial charge in [-0.25, -0.2) is 9.48 Å². The summed E-state index contributed by atoms with van der Waals surface area (Å²) >= 11 is 0. The van der Waals surface area contributed by atoms with Gasteiger partial charge < -0.3 is 19.5 Å². The maximum atomic E-state index is 11.5. The zero-order chi connectivity index (χ0) is 15.9. The number of aromatic nitrogens is 4. The van der Waals surface area contributed by atoms with E-state index in [4.69, 9.17) is 9.47 Å². The molecule has 118 valence electrons. The summed E-state index contributed by atoms with van der Waals surface area (Å²) in [5.74, 6) is 1.12. The van der Waals surface area contributed by atoms with E-state index in [1.807, 2.05) is 0 Å². The highest BCUT2D eigenvalue weighted by Crippen LogP contribution is 2.28. The minimum absolute atomic E-state index is 0.376. The third-order valence-corrected chi connectivity index (χ3v) is 2.85. The van der Waals surface area contributed by atoms with Gasteiger partial charge in [0.05, 0.1) is 26.3 Å². The van der Waals surface area contributed by atoms with Crippen molar-refractivity contribution in [2.75, 3.05) is 32.7 Å². The monoisotopic (exact) mass is 307 g/mol. The fourth-order valence-electron chi connectivity index (χ4n) is 1.73. The Kier molecular flexibility index (Phi) is 5.12. The molecule has 0 aliphatic carbocycles. The zero-order valence-electron chi connectivity index (χ0n) is 12.6. The fourth-order valence-corrected chi connectivity index (χ4v) is 1.73. The van der Waals surface area contributed by atoms with Crippen LogP contribution in [0.2, 0.25) is 0 Å². The van der Waals surface area contributed by atoms with Crippen LogP contribution in [0.4, 0.5) is 5.95 Å². The number of carbonyl (C=O) groups excluding carboxylic acids is 1. The molecule has 0 saturated carbocycles. The molecule has 9 heteroatoms. The predicted molar refractivity (Wildman–Crippen MR) is 77.1 cm³/mol. The van der Waals surface area contributed by atoms with Crippen molar-refractivity contribution in [3.63, 3.8) is 0 Å². The first-order valence-corrected chi connectivity index (χ1v) is 6.51. The molecule has 9 nitrogen and oxygen atoms in total. The van der Waals surface area contributed by atoms with E-state index in [9.17, 15) is 4.79 Å². The third kappa shape index (κ3) is 3.62. The number of nitrogens with one attached hydrogen (secondary N) is 1. The Hall–Kier alpha value is -2.84. The molecule has 1 aromatic heterocycles. The quantitative estimate of drug-likeness (QED) is 0.583. The van der Waals surface area contributed by atoms with Crippen molar-refractivity contribution >= 4 is 11.9 Å². The van der Waals surface area contributed by atoms with E-state index in [1.165, 1.54) is 18.9 Å². The Bertz CT molecular complexity index is 643. The molecule has 0 saturated heterocycles. The number of nitrogens with zero attached hydrogens (tertiary/aromatic N) is 4. The maximum Gasteiger partial charge on any atom is 0.337 e. The molecule has 0 fully saturated rings. The molecule has 2 rings (SSSR count). The highest BCUT2D eigenvalue weighted by Gasteiger charge is 2.11. The highest BCUT2D eigenvalue weighted by molar-refractivity contribution is 5.90. The van der Waals surface area contributed by atoms with Crippen molar-refractivity contribution in [2.24, 2.45) is 7.05 Å². The number of benzene rings is 1. The van der Waals surface area contributed by atoms with Gasteiger partial charge in [0, 0.05) is 7.05 Å². The molecule has 0 atom stereocenters. The van der Waals surface area contributed by atoms with Crippen LogP contribution in [0, 0.1) is 0 Å². The highest BCUT2D eigenvalue weighted by atomic mass is 16.5. The first kappa shape index (κ1) is 15.5. The topological polar surface area (TPSA) is 100 Å². The Morgan fingerprint density at radius 1 is 1.32 bits per heavy atom. The number of tetrazole rings is 1. The second-order valence-corrected chi connectivity index (χ2v) is 4.26. The van der Waals surface area contributed by atoms with Gasteiger partial charge >= 0.3 is 5.97 Å². The van der Waals surface area contributed by atoms with Gasteiger partial charge in [0.1, 0.15) is 6.61 Å². The summed E-state index contributed by atoms with van der Waals surface area (Å²) in [6.07, 6.45) is 0. The summed E-state index contributed by atoms with van der Waals surface area (Å²) in [5, 5.41) is 14.0. The van der Waals surface area contributed by atoms with E-state index >= 15 is 0 Å². The van der Waals surface area contributed by atoms with Gasteiger partial charge in [0.25, 0.3) is 0 Å². The zero-order valence-corrected chi connectivity index (χ0v) is 12.6. The van der Waals surface area contributed by atoms with Crippen molar-refractivity contribution in [3.05, 3.63) is 23.8 Å². The number of hydrogen-bond acceptors (Lipinski definition) is 8. The lowest BCUT2D eigenvalue weighted by Crippen LogP contribution is -2.14. The predicted octanol–water partition coefficient (Wildman–Crippen LogP) is 0.496. The van der Waals surface area contributed by atoms with Crippen molar-refractivity contribution in [2.45, 2.75) is 0 Å². The van der Waals surface area contributed by atoms with Gasteiger partial charge in [0.15, 0.2) is 11.5 Å². The number of ether oxygens (including phenoxy) is 3. The molecule has 1 aromatic carbocycles. The average Bonchev–Trinajstić information content (AvgIpc) is 2.96. The molecule has 22 heavy (non-hydrogen) atoms. The van der Waals surface area contributed by atoms with Gasteiger partial charge in [0.2, 0.25) is 5.95 Å². The minimum atomic E-state index is -0.429. The number of rotatable bonds is 7. The van der Waals surface area contributed by atoms with Gasteiger partial charge in [-0.15, -0.1) is 0 Å². The van der Waals surface area contributed by atoms with Crippen LogP contribution >= 0.6 is 0 Å². The van der Waals surface area contributed by atoms with E-state index in [2.05, 4.69) is 25.6 Å². The van der Waals surface area contributed by atoms with Crippen LogP contribution in [0.25, 0.3) is 0 Å².